The van der Waals surface area contributed by atoms with E-state index in [2.05, 4.69) is 4.90 Å². The summed E-state index contributed by atoms with van der Waals surface area (Å²) in [4.78, 5) is 2.42. The third-order valence-corrected chi connectivity index (χ3v) is 3.17. The number of nitrogens with zero attached hydrogens (tertiary/aromatic N) is 1. The van der Waals surface area contributed by atoms with Crippen LogP contribution in [0.3, 0.4) is 0 Å². The highest BCUT2D eigenvalue weighted by atomic mass is 35.5. The summed E-state index contributed by atoms with van der Waals surface area (Å²) >= 11 is 5.99. The molecule has 1 saturated heterocycles. The Hall–Kier alpha value is -0.510. The lowest BCUT2D eigenvalue weighted by atomic mass is 10.1. The van der Waals surface area contributed by atoms with Crippen molar-refractivity contribution in [2.75, 3.05) is 13.1 Å². The van der Waals surface area contributed by atoms with Gasteiger partial charge in [0.2, 0.25) is 0 Å². The van der Waals surface area contributed by atoms with Crippen molar-refractivity contribution in [2.45, 2.75) is 32.4 Å². The predicted molar refractivity (Wildman–Crippen MR) is 60.7 cm³/mol. The molecule has 84 valence electrons. The van der Waals surface area contributed by atoms with Crippen molar-refractivity contribution in [3.8, 4) is 0 Å². The Kier molecular flexibility index (Phi) is 3.67. The van der Waals surface area contributed by atoms with Crippen molar-refractivity contribution in [1.82, 2.24) is 4.90 Å². The lowest BCUT2D eigenvalue weighted by molar-refractivity contribution is 0.220. The van der Waals surface area contributed by atoms with Gasteiger partial charge >= 0.3 is 0 Å². The molecular formula is C11H17ClN2O. The summed E-state index contributed by atoms with van der Waals surface area (Å²) in [6, 6.07) is 1.97. The Morgan fingerprint density at radius 1 is 1.33 bits per heavy atom. The molecule has 0 aliphatic carbocycles. The second-order valence-corrected chi connectivity index (χ2v) is 4.40. The molecule has 3 nitrogen and oxygen atoms in total. The second kappa shape index (κ2) is 5.01. The molecule has 15 heavy (non-hydrogen) atoms. The average Bonchev–Trinajstić information content (AvgIpc) is 2.61. The lowest BCUT2D eigenvalue weighted by Crippen LogP contribution is -2.28. The summed E-state index contributed by atoms with van der Waals surface area (Å²) in [5.74, 6) is 0.770. The van der Waals surface area contributed by atoms with E-state index < -0.39 is 0 Å². The summed E-state index contributed by atoms with van der Waals surface area (Å²) in [5.41, 5.74) is 6.57. The van der Waals surface area contributed by atoms with Crippen molar-refractivity contribution in [1.29, 1.82) is 0 Å². The van der Waals surface area contributed by atoms with E-state index in [1.165, 1.54) is 32.4 Å². The van der Waals surface area contributed by atoms with Gasteiger partial charge in [-0.1, -0.05) is 6.42 Å². The van der Waals surface area contributed by atoms with Crippen LogP contribution in [0.5, 0.6) is 0 Å². The maximum atomic E-state index is 5.99. The van der Waals surface area contributed by atoms with E-state index in [0.29, 0.717) is 11.8 Å². The molecule has 4 heteroatoms. The lowest BCUT2D eigenvalue weighted by Gasteiger charge is -2.25. The summed E-state index contributed by atoms with van der Waals surface area (Å²) in [7, 11) is 0. The van der Waals surface area contributed by atoms with Crippen LogP contribution in [0.4, 0.5) is 0 Å². The first-order chi connectivity index (χ1) is 7.29. The van der Waals surface area contributed by atoms with Crippen LogP contribution in [-0.4, -0.2) is 18.0 Å². The molecule has 0 bridgehead atoms. The molecule has 0 saturated carbocycles. The number of likely N-dealkylation sites (tertiary alicyclic amines) is 1. The summed E-state index contributed by atoms with van der Waals surface area (Å²) in [6.45, 7) is 3.64. The molecule has 1 fully saturated rings. The van der Waals surface area contributed by atoms with E-state index in [1.54, 1.807) is 0 Å². The fraction of sp³-hybridized carbons (Fsp3) is 0.636. The van der Waals surface area contributed by atoms with Gasteiger partial charge in [-0.25, -0.2) is 0 Å². The first-order valence-electron chi connectivity index (χ1n) is 5.49. The quantitative estimate of drug-likeness (QED) is 0.864. The molecule has 0 radical (unpaired) electrons. The molecule has 0 unspecified atom stereocenters. The van der Waals surface area contributed by atoms with Gasteiger partial charge < -0.3 is 10.2 Å². The van der Waals surface area contributed by atoms with E-state index in [1.807, 2.05) is 6.07 Å². The number of nitrogens with two attached hydrogens (primary N) is 1. The van der Waals surface area contributed by atoms with Gasteiger partial charge in [0.15, 0.2) is 5.22 Å². The first kappa shape index (κ1) is 11.0. The van der Waals surface area contributed by atoms with Crippen molar-refractivity contribution < 1.29 is 4.42 Å². The van der Waals surface area contributed by atoms with Crippen LogP contribution in [-0.2, 0) is 13.1 Å². The number of rotatable bonds is 3. The maximum absolute atomic E-state index is 5.99. The van der Waals surface area contributed by atoms with Crippen LogP contribution in [0.25, 0.3) is 0 Å². The Morgan fingerprint density at radius 2 is 2.07 bits per heavy atom. The first-order valence-corrected chi connectivity index (χ1v) is 5.87. The molecule has 0 aromatic carbocycles. The van der Waals surface area contributed by atoms with Crippen molar-refractivity contribution in [2.24, 2.45) is 5.73 Å². The van der Waals surface area contributed by atoms with Gasteiger partial charge in [-0.05, 0) is 43.6 Å². The average molecular weight is 229 g/mol. The standard InChI is InChI=1S/C11H17ClN2O/c12-11-9(6-10(7-13)15-11)8-14-4-2-1-3-5-14/h6H,1-5,7-8,13H2. The highest BCUT2D eigenvalue weighted by Gasteiger charge is 2.14. The number of furan rings is 1. The Balaban J connectivity index is 1.99. The largest absolute Gasteiger partial charge is 0.448 e. The minimum absolute atomic E-state index is 0.416. The zero-order chi connectivity index (χ0) is 10.7. The Morgan fingerprint density at radius 3 is 2.67 bits per heavy atom. The number of hydrogen-bond acceptors (Lipinski definition) is 3. The SMILES string of the molecule is NCc1cc(CN2CCCCC2)c(Cl)o1. The van der Waals surface area contributed by atoms with Crippen LogP contribution >= 0.6 is 11.6 Å². The van der Waals surface area contributed by atoms with E-state index >= 15 is 0 Å². The number of halogens is 1. The molecule has 1 aliphatic heterocycles. The third-order valence-electron chi connectivity index (χ3n) is 2.85. The van der Waals surface area contributed by atoms with E-state index in [4.69, 9.17) is 21.8 Å². The topological polar surface area (TPSA) is 42.4 Å². The van der Waals surface area contributed by atoms with Crippen molar-refractivity contribution in [3.05, 3.63) is 22.6 Å². The molecule has 2 rings (SSSR count). The van der Waals surface area contributed by atoms with E-state index in [9.17, 15) is 0 Å². The molecule has 1 aliphatic rings. The molecule has 1 aromatic rings. The Labute approximate surface area is 95.2 Å². The predicted octanol–water partition coefficient (Wildman–Crippen LogP) is 2.38. The zero-order valence-electron chi connectivity index (χ0n) is 8.84. The van der Waals surface area contributed by atoms with Crippen LogP contribution in [0.15, 0.2) is 10.5 Å². The van der Waals surface area contributed by atoms with Crippen LogP contribution in [0.1, 0.15) is 30.6 Å². The van der Waals surface area contributed by atoms with Crippen LogP contribution in [0, 0.1) is 0 Å². The molecule has 2 heterocycles. The van der Waals surface area contributed by atoms with E-state index in [0.717, 1.165) is 17.9 Å². The minimum Gasteiger partial charge on any atom is -0.448 e. The van der Waals surface area contributed by atoms with Crippen LogP contribution in [0.2, 0.25) is 5.22 Å². The molecule has 2 N–H and O–H groups in total. The smallest absolute Gasteiger partial charge is 0.197 e. The van der Waals surface area contributed by atoms with Crippen molar-refractivity contribution >= 4 is 11.6 Å². The maximum Gasteiger partial charge on any atom is 0.197 e. The van der Waals surface area contributed by atoms with Gasteiger partial charge in [-0.3, -0.25) is 4.90 Å². The number of piperidine rings is 1. The fourth-order valence-corrected chi connectivity index (χ4v) is 2.24. The number of hydrogen-bond donors (Lipinski definition) is 1. The molecule has 0 spiro atoms. The summed E-state index contributed by atoms with van der Waals surface area (Å²) in [5, 5.41) is 0.501. The fourth-order valence-electron chi connectivity index (χ4n) is 2.03. The highest BCUT2D eigenvalue weighted by molar-refractivity contribution is 6.29. The second-order valence-electron chi connectivity index (χ2n) is 4.05. The van der Waals surface area contributed by atoms with E-state index in [-0.39, 0.29) is 0 Å². The zero-order valence-corrected chi connectivity index (χ0v) is 9.59. The van der Waals surface area contributed by atoms with Crippen molar-refractivity contribution in [3.63, 3.8) is 0 Å². The van der Waals surface area contributed by atoms with Gasteiger partial charge in [0, 0.05) is 12.1 Å². The normalized spacial score (nSPS) is 18.3. The minimum atomic E-state index is 0.416. The molecular weight excluding hydrogens is 212 g/mol. The van der Waals surface area contributed by atoms with Crippen LogP contribution < -0.4 is 5.73 Å². The monoisotopic (exact) mass is 228 g/mol. The van der Waals surface area contributed by atoms with Gasteiger partial charge in [0.1, 0.15) is 5.76 Å². The Bertz CT molecular complexity index is 318. The van der Waals surface area contributed by atoms with Gasteiger partial charge in [0.25, 0.3) is 0 Å². The highest BCUT2D eigenvalue weighted by Crippen LogP contribution is 2.23. The third kappa shape index (κ3) is 2.74. The van der Waals surface area contributed by atoms with Gasteiger partial charge in [-0.2, -0.15) is 0 Å². The van der Waals surface area contributed by atoms with Gasteiger partial charge in [0.05, 0.1) is 6.54 Å². The summed E-state index contributed by atoms with van der Waals surface area (Å²) in [6.07, 6.45) is 3.93. The van der Waals surface area contributed by atoms with Gasteiger partial charge in [-0.15, -0.1) is 0 Å². The molecule has 0 atom stereocenters. The molecule has 1 aromatic heterocycles. The summed E-state index contributed by atoms with van der Waals surface area (Å²) < 4.78 is 5.32. The molecule has 0 amide bonds.